The van der Waals surface area contributed by atoms with Crippen molar-refractivity contribution in [1.82, 2.24) is 5.32 Å². The first-order valence-corrected chi connectivity index (χ1v) is 33.5. The minimum atomic E-state index is -4.46. The van der Waals surface area contributed by atoms with Gasteiger partial charge in [-0.3, -0.25) is 18.6 Å². The van der Waals surface area contributed by atoms with Crippen LogP contribution in [-0.4, -0.2) is 74.3 Å². The third-order valence-electron chi connectivity index (χ3n) is 14.0. The van der Waals surface area contributed by atoms with E-state index in [1.54, 1.807) is 0 Å². The number of unbranched alkanes of at least 4 members (excludes halogenated alkanes) is 34. The molecule has 0 rings (SSSR count). The lowest BCUT2D eigenvalue weighted by molar-refractivity contribution is -0.870. The van der Waals surface area contributed by atoms with Gasteiger partial charge in [-0.05, 0) is 51.0 Å². The number of phosphoric acid groups is 1. The van der Waals surface area contributed by atoms with E-state index in [4.69, 9.17) is 13.8 Å². The largest absolute Gasteiger partial charge is 0.472 e. The predicted molar refractivity (Wildman–Crippen MR) is 332 cm³/mol. The molecular weight excluding hydrogens is 976 g/mol. The van der Waals surface area contributed by atoms with Crippen molar-refractivity contribution in [2.75, 3.05) is 40.9 Å². The van der Waals surface area contributed by atoms with E-state index >= 15 is 0 Å². The summed E-state index contributed by atoms with van der Waals surface area (Å²) in [6.45, 7) is 6.84. The molecule has 0 spiro atoms. The highest BCUT2D eigenvalue weighted by molar-refractivity contribution is 7.47. The zero-order valence-electron chi connectivity index (χ0n) is 50.9. The Bertz CT molecular complexity index is 1590. The van der Waals surface area contributed by atoms with Crippen LogP contribution in [0.4, 0.5) is 0 Å². The van der Waals surface area contributed by atoms with Gasteiger partial charge in [0.2, 0.25) is 5.91 Å². The fourth-order valence-electron chi connectivity index (χ4n) is 9.09. The molecule has 0 aromatic carbocycles. The number of allylic oxidation sites excluding steroid dienone is 13. The van der Waals surface area contributed by atoms with Crippen LogP contribution in [0.25, 0.3) is 0 Å². The Morgan fingerprint density at radius 3 is 1.26 bits per heavy atom. The molecule has 0 aliphatic rings. The van der Waals surface area contributed by atoms with E-state index in [0.29, 0.717) is 17.4 Å². The molecule has 3 unspecified atom stereocenters. The predicted octanol–water partition coefficient (Wildman–Crippen LogP) is 19.8. The minimum absolute atomic E-state index is 0.0285. The standard InChI is InChI=1S/C67H121N2O7P/c1-7-10-13-16-19-22-25-27-29-31-32-33-34-35-36-38-40-42-45-48-51-54-57-60-67(71)76-65(58-55-52-49-46-43-24-21-18-15-12-9-3)64(63-75-77(72,73)74-62-61-69(4,5)6)68-66(70)59-56-53-50-47-44-41-39-37-30-28-26-23-20-17-14-11-8-2/h11,14,17,20,23,26,28,30,37,39,41,44,55,58,64-65H,7-10,12-13,15-16,18-19,21-22,24-25,27,29,31-36,38,40,42-43,45-54,56-57,59-63H2,1-6H3,(H-,68,70,72,73)/p+1/b14-11-,20-17+,26-23+,30-28-,39-37+,44-41+,58-55-. The Hall–Kier alpha value is -2.81. The van der Waals surface area contributed by atoms with Crippen LogP contribution >= 0.6 is 7.82 Å². The van der Waals surface area contributed by atoms with E-state index in [-0.39, 0.29) is 37.9 Å². The zero-order valence-corrected chi connectivity index (χ0v) is 51.8. The quantitative estimate of drug-likeness (QED) is 0.0156. The van der Waals surface area contributed by atoms with Crippen molar-refractivity contribution in [3.05, 3.63) is 85.1 Å². The zero-order chi connectivity index (χ0) is 56.4. The van der Waals surface area contributed by atoms with Crippen molar-refractivity contribution in [2.24, 2.45) is 0 Å². The molecular formula is C67H122N2O7P+. The van der Waals surface area contributed by atoms with Gasteiger partial charge in [-0.15, -0.1) is 0 Å². The van der Waals surface area contributed by atoms with Crippen LogP contribution in [0.1, 0.15) is 278 Å². The maximum Gasteiger partial charge on any atom is 0.472 e. The molecule has 0 fully saturated rings. The van der Waals surface area contributed by atoms with E-state index in [1.807, 2.05) is 94.1 Å². The summed E-state index contributed by atoms with van der Waals surface area (Å²) < 4.78 is 30.7. The first-order valence-electron chi connectivity index (χ1n) is 32.0. The van der Waals surface area contributed by atoms with Crippen molar-refractivity contribution in [3.8, 4) is 0 Å². The number of likely N-dealkylation sites (N-methyl/N-ethyl adjacent to an activating group) is 1. The van der Waals surface area contributed by atoms with Crippen LogP contribution in [0.15, 0.2) is 85.1 Å². The van der Waals surface area contributed by atoms with E-state index in [1.165, 1.54) is 173 Å². The second-order valence-electron chi connectivity index (χ2n) is 22.7. The number of quaternary nitrogens is 1. The second-order valence-corrected chi connectivity index (χ2v) is 24.2. The molecule has 446 valence electrons. The summed E-state index contributed by atoms with van der Waals surface area (Å²) >= 11 is 0. The molecule has 2 N–H and O–H groups in total. The van der Waals surface area contributed by atoms with E-state index in [0.717, 1.165) is 64.2 Å². The topological polar surface area (TPSA) is 111 Å². The molecule has 0 aromatic rings. The fraction of sp³-hybridized carbons (Fsp3) is 0.761. The number of phosphoric ester groups is 1. The van der Waals surface area contributed by atoms with Gasteiger partial charge in [-0.2, -0.15) is 0 Å². The minimum Gasteiger partial charge on any atom is -0.456 e. The Morgan fingerprint density at radius 1 is 0.468 bits per heavy atom. The molecule has 0 saturated carbocycles. The van der Waals surface area contributed by atoms with Gasteiger partial charge >= 0.3 is 13.8 Å². The number of hydrogen-bond acceptors (Lipinski definition) is 6. The van der Waals surface area contributed by atoms with E-state index in [9.17, 15) is 19.0 Å². The number of carbonyl (C=O) groups is 2. The number of esters is 1. The third-order valence-corrected chi connectivity index (χ3v) is 15.0. The Morgan fingerprint density at radius 2 is 0.831 bits per heavy atom. The lowest BCUT2D eigenvalue weighted by Crippen LogP contribution is -2.47. The SMILES string of the molecule is CC\C=C/C=C/C=C/C=C\C=C\C=C\CCCCCC(=O)NC(COP(=O)(O)OCC[N+](C)(C)C)C(/C=C\CCCCCCCCCCC)OC(=O)CCCCCCCCCCCCCCCCCCCCCCCCC. The van der Waals surface area contributed by atoms with Crippen molar-refractivity contribution in [3.63, 3.8) is 0 Å². The Kier molecular flexibility index (Phi) is 54.4. The highest BCUT2D eigenvalue weighted by Gasteiger charge is 2.30. The molecule has 0 saturated heterocycles. The van der Waals surface area contributed by atoms with E-state index < -0.39 is 20.0 Å². The van der Waals surface area contributed by atoms with Crippen LogP contribution in [0.3, 0.4) is 0 Å². The first kappa shape index (κ1) is 74.2. The van der Waals surface area contributed by atoms with E-state index in [2.05, 4.69) is 38.2 Å². The summed E-state index contributed by atoms with van der Waals surface area (Å²) in [6, 6.07) is -0.874. The number of nitrogens with one attached hydrogen (secondary N) is 1. The van der Waals surface area contributed by atoms with Gasteiger partial charge < -0.3 is 19.4 Å². The molecule has 10 heteroatoms. The summed E-state index contributed by atoms with van der Waals surface area (Å²) in [5, 5.41) is 3.03. The Balaban J connectivity index is 5.18. The second kappa shape index (κ2) is 56.5. The number of amides is 1. The van der Waals surface area contributed by atoms with Gasteiger partial charge in [-0.25, -0.2) is 4.57 Å². The number of rotatable bonds is 57. The summed E-state index contributed by atoms with van der Waals surface area (Å²) in [7, 11) is 1.46. The lowest BCUT2D eigenvalue weighted by Gasteiger charge is -2.27. The third kappa shape index (κ3) is 57.7. The van der Waals surface area contributed by atoms with Crippen LogP contribution in [0, 0.1) is 0 Å². The van der Waals surface area contributed by atoms with Gasteiger partial charge in [0.1, 0.15) is 19.3 Å². The summed E-state index contributed by atoms with van der Waals surface area (Å²) in [4.78, 5) is 37.7. The average Bonchev–Trinajstić information content (AvgIpc) is 3.39. The Labute approximate surface area is 476 Å². The smallest absolute Gasteiger partial charge is 0.456 e. The maximum absolute atomic E-state index is 13.5. The highest BCUT2D eigenvalue weighted by atomic mass is 31.2. The fourth-order valence-corrected chi connectivity index (χ4v) is 9.83. The molecule has 0 radical (unpaired) electrons. The van der Waals surface area contributed by atoms with Gasteiger partial charge in [0.25, 0.3) is 0 Å². The van der Waals surface area contributed by atoms with Gasteiger partial charge in [0.05, 0.1) is 33.8 Å². The number of nitrogens with zero attached hydrogens (tertiary/aromatic N) is 1. The summed E-state index contributed by atoms with van der Waals surface area (Å²) in [6.07, 6.45) is 74.5. The molecule has 0 aromatic heterocycles. The molecule has 0 aliphatic carbocycles. The van der Waals surface area contributed by atoms with Crippen molar-refractivity contribution >= 4 is 19.7 Å². The average molecular weight is 1100 g/mol. The summed E-state index contributed by atoms with van der Waals surface area (Å²) in [5.41, 5.74) is 0. The normalized spacial score (nSPS) is 14.2. The monoisotopic (exact) mass is 1100 g/mol. The van der Waals surface area contributed by atoms with Crippen LogP contribution in [-0.2, 0) is 27.9 Å². The van der Waals surface area contributed by atoms with Gasteiger partial charge in [0.15, 0.2) is 0 Å². The maximum atomic E-state index is 13.5. The van der Waals surface area contributed by atoms with Crippen molar-refractivity contribution < 1.29 is 37.3 Å². The van der Waals surface area contributed by atoms with Gasteiger partial charge in [0, 0.05) is 12.8 Å². The lowest BCUT2D eigenvalue weighted by atomic mass is 10.0. The number of hydrogen-bond donors (Lipinski definition) is 2. The van der Waals surface area contributed by atoms with Crippen molar-refractivity contribution in [1.29, 1.82) is 0 Å². The molecule has 1 amide bonds. The highest BCUT2D eigenvalue weighted by Crippen LogP contribution is 2.43. The molecule has 0 bridgehead atoms. The van der Waals surface area contributed by atoms with Gasteiger partial charge in [-0.1, -0.05) is 299 Å². The number of carbonyl (C=O) groups excluding carboxylic acids is 2. The molecule has 0 aliphatic heterocycles. The molecule has 3 atom stereocenters. The molecule has 9 nitrogen and oxygen atoms in total. The van der Waals surface area contributed by atoms with Crippen LogP contribution in [0.2, 0.25) is 0 Å². The summed E-state index contributed by atoms with van der Waals surface area (Å²) in [5.74, 6) is -0.552. The first-order chi connectivity index (χ1) is 37.4. The number of ether oxygens (including phenoxy) is 1. The van der Waals surface area contributed by atoms with Crippen LogP contribution in [0.5, 0.6) is 0 Å². The molecule has 0 heterocycles. The van der Waals surface area contributed by atoms with Crippen molar-refractivity contribution in [2.45, 2.75) is 290 Å². The van der Waals surface area contributed by atoms with Crippen LogP contribution < -0.4 is 5.32 Å². The molecule has 77 heavy (non-hydrogen) atoms.